The van der Waals surface area contributed by atoms with Gasteiger partial charge in [0.05, 0.1) is 19.3 Å². The number of hydrogen-bond donors (Lipinski definition) is 1. The largest absolute Gasteiger partial charge is 0.497 e. The Balaban J connectivity index is 1.84. The molecule has 2 aromatic rings. The van der Waals surface area contributed by atoms with E-state index in [1.54, 1.807) is 13.3 Å². The molecule has 1 aliphatic heterocycles. The van der Waals surface area contributed by atoms with E-state index in [9.17, 15) is 4.79 Å². The SMILES string of the molecule is COc1ccc(C(=O)N(Cc2ccccn2)C2CCCNCC2)cc1. The van der Waals surface area contributed by atoms with E-state index in [-0.39, 0.29) is 11.9 Å². The number of pyridine rings is 1. The van der Waals surface area contributed by atoms with E-state index < -0.39 is 0 Å². The van der Waals surface area contributed by atoms with Crippen LogP contribution in [0.5, 0.6) is 5.75 Å². The molecular weight excluding hydrogens is 314 g/mol. The third-order valence-corrected chi connectivity index (χ3v) is 4.64. The van der Waals surface area contributed by atoms with Gasteiger partial charge in [-0.1, -0.05) is 6.07 Å². The summed E-state index contributed by atoms with van der Waals surface area (Å²) in [6.45, 7) is 2.50. The predicted molar refractivity (Wildman–Crippen MR) is 97.6 cm³/mol. The van der Waals surface area contributed by atoms with Gasteiger partial charge in [-0.2, -0.15) is 0 Å². The average molecular weight is 339 g/mol. The predicted octanol–water partition coefficient (Wildman–Crippen LogP) is 2.87. The second-order valence-corrected chi connectivity index (χ2v) is 6.32. The van der Waals surface area contributed by atoms with Crippen LogP contribution in [0.2, 0.25) is 0 Å². The Labute approximate surface area is 149 Å². The summed E-state index contributed by atoms with van der Waals surface area (Å²) in [6.07, 6.45) is 4.84. The van der Waals surface area contributed by atoms with Crippen molar-refractivity contribution in [3.8, 4) is 5.75 Å². The van der Waals surface area contributed by atoms with Crippen LogP contribution < -0.4 is 10.1 Å². The summed E-state index contributed by atoms with van der Waals surface area (Å²) in [5, 5.41) is 3.42. The molecule has 1 fully saturated rings. The Kier molecular flexibility index (Phi) is 6.01. The molecule has 0 bridgehead atoms. The minimum absolute atomic E-state index is 0.0557. The van der Waals surface area contributed by atoms with Crippen molar-refractivity contribution in [1.29, 1.82) is 0 Å². The molecule has 1 saturated heterocycles. The second kappa shape index (κ2) is 8.62. The molecule has 1 aromatic heterocycles. The lowest BCUT2D eigenvalue weighted by atomic mass is 10.0. The summed E-state index contributed by atoms with van der Waals surface area (Å²) >= 11 is 0. The molecule has 0 saturated carbocycles. The molecule has 2 heterocycles. The monoisotopic (exact) mass is 339 g/mol. The van der Waals surface area contributed by atoms with E-state index in [0.29, 0.717) is 12.1 Å². The summed E-state index contributed by atoms with van der Waals surface area (Å²) in [4.78, 5) is 19.6. The first-order valence-corrected chi connectivity index (χ1v) is 8.83. The Morgan fingerprint density at radius 1 is 1.20 bits per heavy atom. The number of nitrogens with zero attached hydrogens (tertiary/aromatic N) is 2. The van der Waals surface area contributed by atoms with Gasteiger partial charge in [0.2, 0.25) is 0 Å². The fraction of sp³-hybridized carbons (Fsp3) is 0.400. The van der Waals surface area contributed by atoms with E-state index >= 15 is 0 Å². The number of hydrogen-bond acceptors (Lipinski definition) is 4. The highest BCUT2D eigenvalue weighted by Gasteiger charge is 2.26. The first-order valence-electron chi connectivity index (χ1n) is 8.83. The average Bonchev–Trinajstić information content (AvgIpc) is 2.96. The summed E-state index contributed by atoms with van der Waals surface area (Å²) in [5.74, 6) is 0.812. The normalized spacial score (nSPS) is 17.6. The van der Waals surface area contributed by atoms with Crippen LogP contribution in [0.15, 0.2) is 48.7 Å². The van der Waals surface area contributed by atoms with Gasteiger partial charge in [0.15, 0.2) is 0 Å². The van der Waals surface area contributed by atoms with Crippen molar-refractivity contribution < 1.29 is 9.53 Å². The Morgan fingerprint density at radius 3 is 2.76 bits per heavy atom. The molecule has 1 aromatic carbocycles. The molecule has 1 N–H and O–H groups in total. The standard InChI is InChI=1S/C20H25N3O2/c1-25-19-9-7-16(8-10-19)20(24)23(15-17-5-2-3-13-22-17)18-6-4-12-21-14-11-18/h2-3,5,7-10,13,18,21H,4,6,11-12,14-15H2,1H3. The third-order valence-electron chi connectivity index (χ3n) is 4.64. The van der Waals surface area contributed by atoms with Crippen LogP contribution in [0.1, 0.15) is 35.3 Å². The summed E-state index contributed by atoms with van der Waals surface area (Å²) in [7, 11) is 1.63. The number of aromatic nitrogens is 1. The molecule has 0 aliphatic carbocycles. The molecule has 1 unspecified atom stereocenters. The third kappa shape index (κ3) is 4.57. The number of ether oxygens (including phenoxy) is 1. The van der Waals surface area contributed by atoms with Crippen molar-refractivity contribution in [2.45, 2.75) is 31.8 Å². The van der Waals surface area contributed by atoms with Gasteiger partial charge in [-0.05, 0) is 68.8 Å². The lowest BCUT2D eigenvalue weighted by Gasteiger charge is -2.31. The minimum Gasteiger partial charge on any atom is -0.497 e. The van der Waals surface area contributed by atoms with Crippen LogP contribution in [0.25, 0.3) is 0 Å². The van der Waals surface area contributed by atoms with Crippen LogP contribution >= 0.6 is 0 Å². The van der Waals surface area contributed by atoms with Crippen LogP contribution in [-0.2, 0) is 6.54 Å². The van der Waals surface area contributed by atoms with E-state index in [0.717, 1.165) is 43.8 Å². The van der Waals surface area contributed by atoms with Crippen molar-refractivity contribution >= 4 is 5.91 Å². The molecule has 132 valence electrons. The van der Waals surface area contributed by atoms with E-state index in [4.69, 9.17) is 4.74 Å². The van der Waals surface area contributed by atoms with Gasteiger partial charge in [0.25, 0.3) is 5.91 Å². The molecule has 0 radical (unpaired) electrons. The van der Waals surface area contributed by atoms with Crippen LogP contribution in [0.3, 0.4) is 0 Å². The van der Waals surface area contributed by atoms with Crippen molar-refractivity contribution in [1.82, 2.24) is 15.2 Å². The van der Waals surface area contributed by atoms with E-state index in [1.807, 2.05) is 47.4 Å². The summed E-state index contributed by atoms with van der Waals surface area (Å²) in [6, 6.07) is 13.4. The zero-order valence-electron chi connectivity index (χ0n) is 14.6. The van der Waals surface area contributed by atoms with Crippen molar-refractivity contribution in [3.05, 3.63) is 59.9 Å². The molecule has 3 rings (SSSR count). The highest BCUT2D eigenvalue weighted by molar-refractivity contribution is 5.94. The number of methoxy groups -OCH3 is 1. The molecule has 25 heavy (non-hydrogen) atoms. The number of benzene rings is 1. The Morgan fingerprint density at radius 2 is 2.04 bits per heavy atom. The van der Waals surface area contributed by atoms with E-state index in [1.165, 1.54) is 0 Å². The van der Waals surface area contributed by atoms with Gasteiger partial charge in [-0.15, -0.1) is 0 Å². The maximum Gasteiger partial charge on any atom is 0.254 e. The first kappa shape index (κ1) is 17.4. The molecule has 5 heteroatoms. The van der Waals surface area contributed by atoms with Crippen molar-refractivity contribution in [3.63, 3.8) is 0 Å². The molecule has 1 aliphatic rings. The number of rotatable bonds is 5. The minimum atomic E-state index is 0.0557. The Bertz CT molecular complexity index is 665. The van der Waals surface area contributed by atoms with E-state index in [2.05, 4.69) is 10.3 Å². The van der Waals surface area contributed by atoms with Crippen LogP contribution in [0, 0.1) is 0 Å². The van der Waals surface area contributed by atoms with Gasteiger partial charge in [-0.25, -0.2) is 0 Å². The number of amides is 1. The smallest absolute Gasteiger partial charge is 0.254 e. The van der Waals surface area contributed by atoms with Gasteiger partial charge in [0.1, 0.15) is 5.75 Å². The molecule has 1 atom stereocenters. The first-order chi connectivity index (χ1) is 12.3. The molecule has 5 nitrogen and oxygen atoms in total. The van der Waals surface area contributed by atoms with Crippen LogP contribution in [0.4, 0.5) is 0 Å². The number of nitrogens with one attached hydrogen (secondary N) is 1. The number of carbonyl (C=O) groups excluding carboxylic acids is 1. The van der Waals surface area contributed by atoms with Gasteiger partial charge < -0.3 is 15.0 Å². The fourth-order valence-electron chi connectivity index (χ4n) is 3.24. The van der Waals surface area contributed by atoms with Crippen molar-refractivity contribution in [2.24, 2.45) is 0 Å². The van der Waals surface area contributed by atoms with Gasteiger partial charge in [0, 0.05) is 17.8 Å². The summed E-state index contributed by atoms with van der Waals surface area (Å²) in [5.41, 5.74) is 1.61. The van der Waals surface area contributed by atoms with Crippen LogP contribution in [-0.4, -0.2) is 42.0 Å². The lowest BCUT2D eigenvalue weighted by Crippen LogP contribution is -2.40. The highest BCUT2D eigenvalue weighted by Crippen LogP contribution is 2.20. The Hall–Kier alpha value is -2.40. The fourth-order valence-corrected chi connectivity index (χ4v) is 3.24. The molecule has 1 amide bonds. The van der Waals surface area contributed by atoms with Crippen molar-refractivity contribution in [2.75, 3.05) is 20.2 Å². The maximum atomic E-state index is 13.2. The second-order valence-electron chi connectivity index (χ2n) is 6.32. The lowest BCUT2D eigenvalue weighted by molar-refractivity contribution is 0.0642. The quantitative estimate of drug-likeness (QED) is 0.910. The zero-order chi connectivity index (χ0) is 17.5. The highest BCUT2D eigenvalue weighted by atomic mass is 16.5. The van der Waals surface area contributed by atoms with Gasteiger partial charge in [-0.3, -0.25) is 9.78 Å². The topological polar surface area (TPSA) is 54.5 Å². The molecular formula is C20H25N3O2. The maximum absolute atomic E-state index is 13.2. The number of carbonyl (C=O) groups is 1. The zero-order valence-corrected chi connectivity index (χ0v) is 14.6. The summed E-state index contributed by atoms with van der Waals surface area (Å²) < 4.78 is 5.19. The molecule has 0 spiro atoms. The van der Waals surface area contributed by atoms with Gasteiger partial charge >= 0.3 is 0 Å².